The Bertz CT molecular complexity index is 1020. The number of H-pyrrole nitrogens is 1. The van der Waals surface area contributed by atoms with Gasteiger partial charge in [0.2, 0.25) is 0 Å². The molecule has 0 radical (unpaired) electrons. The number of aromatic nitrogens is 4. The van der Waals surface area contributed by atoms with Crippen molar-refractivity contribution < 1.29 is 4.79 Å². The Morgan fingerprint density at radius 2 is 2.00 bits per heavy atom. The van der Waals surface area contributed by atoms with Crippen LogP contribution in [0.5, 0.6) is 0 Å². The lowest BCUT2D eigenvalue weighted by atomic mass is 9.91. The summed E-state index contributed by atoms with van der Waals surface area (Å²) in [7, 11) is 0. The van der Waals surface area contributed by atoms with Gasteiger partial charge in [0.05, 0.1) is 10.0 Å². The highest BCUT2D eigenvalue weighted by Gasteiger charge is 2.29. The van der Waals surface area contributed by atoms with Gasteiger partial charge in [-0.2, -0.15) is 5.10 Å². The minimum Gasteiger partial charge on any atom is -0.355 e. The fraction of sp³-hybridized carbons (Fsp3) is 0.333. The number of fused-ring (bicyclic) bond motifs is 1. The van der Waals surface area contributed by atoms with Gasteiger partial charge in [0.25, 0.3) is 0 Å². The van der Waals surface area contributed by atoms with E-state index in [0.717, 1.165) is 25.9 Å². The second-order valence-corrected chi connectivity index (χ2v) is 7.85. The van der Waals surface area contributed by atoms with Crippen molar-refractivity contribution in [3.05, 3.63) is 33.9 Å². The average Bonchev–Trinajstić information content (AvgIpc) is 3.05. The standard InChI is InChI=1S/C18H18Cl2N6O/c1-18(21)5-7-26(8-6-18)17-12(9-27)22-15-14(24-25-16(15)23-17)10-3-2-4-11(19)13(10)20/h2-4,9H,5-8,21H2,1H3,(H,23,24,25). The summed E-state index contributed by atoms with van der Waals surface area (Å²) in [5.74, 6) is 0.542. The second-order valence-electron chi connectivity index (χ2n) is 7.06. The highest BCUT2D eigenvalue weighted by Crippen LogP contribution is 2.35. The molecule has 3 N–H and O–H groups in total. The summed E-state index contributed by atoms with van der Waals surface area (Å²) in [5, 5.41) is 7.99. The first-order valence-electron chi connectivity index (χ1n) is 8.59. The third-order valence-electron chi connectivity index (χ3n) is 4.92. The van der Waals surface area contributed by atoms with Crippen LogP contribution < -0.4 is 10.6 Å². The van der Waals surface area contributed by atoms with Crippen LogP contribution in [-0.4, -0.2) is 45.1 Å². The Balaban J connectivity index is 1.80. The molecule has 1 aromatic carbocycles. The maximum atomic E-state index is 11.7. The van der Waals surface area contributed by atoms with Crippen molar-refractivity contribution in [1.82, 2.24) is 20.2 Å². The Morgan fingerprint density at radius 1 is 1.26 bits per heavy atom. The van der Waals surface area contributed by atoms with E-state index >= 15 is 0 Å². The van der Waals surface area contributed by atoms with Gasteiger partial charge < -0.3 is 10.6 Å². The number of aldehydes is 1. The van der Waals surface area contributed by atoms with E-state index in [4.69, 9.17) is 28.9 Å². The molecule has 3 aromatic rings. The van der Waals surface area contributed by atoms with Gasteiger partial charge >= 0.3 is 0 Å². The fourth-order valence-corrected chi connectivity index (χ4v) is 3.65. The number of rotatable bonds is 3. The number of carbonyl (C=O) groups is 1. The van der Waals surface area contributed by atoms with Crippen LogP contribution in [-0.2, 0) is 0 Å². The molecule has 0 amide bonds. The van der Waals surface area contributed by atoms with E-state index in [-0.39, 0.29) is 11.2 Å². The molecular weight excluding hydrogens is 387 g/mol. The predicted octanol–water partition coefficient (Wildman–Crippen LogP) is 3.46. The number of carbonyl (C=O) groups excluding carboxylic acids is 1. The minimum absolute atomic E-state index is 0.195. The number of halogens is 2. The summed E-state index contributed by atoms with van der Waals surface area (Å²) in [6, 6.07) is 5.28. The van der Waals surface area contributed by atoms with Crippen molar-refractivity contribution in [3.8, 4) is 11.3 Å². The molecule has 140 valence electrons. The highest BCUT2D eigenvalue weighted by atomic mass is 35.5. The van der Waals surface area contributed by atoms with Gasteiger partial charge in [-0.15, -0.1) is 0 Å². The lowest BCUT2D eigenvalue weighted by Crippen LogP contribution is -2.48. The molecule has 27 heavy (non-hydrogen) atoms. The molecule has 0 saturated carbocycles. The normalized spacial score (nSPS) is 16.7. The van der Waals surface area contributed by atoms with Gasteiger partial charge in [-0.05, 0) is 25.8 Å². The van der Waals surface area contributed by atoms with Gasteiger partial charge in [-0.3, -0.25) is 9.89 Å². The summed E-state index contributed by atoms with van der Waals surface area (Å²) >= 11 is 12.4. The summed E-state index contributed by atoms with van der Waals surface area (Å²) in [5.41, 5.74) is 8.38. The van der Waals surface area contributed by atoms with Crippen LogP contribution in [0, 0.1) is 0 Å². The number of nitrogens with two attached hydrogens (primary N) is 1. The lowest BCUT2D eigenvalue weighted by Gasteiger charge is -2.37. The Kier molecular flexibility index (Phi) is 4.53. The number of hydrogen-bond acceptors (Lipinski definition) is 6. The van der Waals surface area contributed by atoms with Crippen molar-refractivity contribution in [2.75, 3.05) is 18.0 Å². The van der Waals surface area contributed by atoms with E-state index in [1.807, 2.05) is 11.8 Å². The summed E-state index contributed by atoms with van der Waals surface area (Å²) in [6.45, 7) is 3.47. The molecule has 2 aromatic heterocycles. The van der Waals surface area contributed by atoms with Crippen molar-refractivity contribution in [2.45, 2.75) is 25.3 Å². The van der Waals surface area contributed by atoms with Gasteiger partial charge in [0.15, 0.2) is 17.8 Å². The van der Waals surface area contributed by atoms with Gasteiger partial charge in [0, 0.05) is 24.2 Å². The number of benzene rings is 1. The number of nitrogens with zero attached hydrogens (tertiary/aromatic N) is 4. The second kappa shape index (κ2) is 6.74. The molecule has 7 nitrogen and oxygen atoms in total. The Labute approximate surface area is 165 Å². The molecule has 1 fully saturated rings. The molecule has 3 heterocycles. The smallest absolute Gasteiger partial charge is 0.177 e. The molecule has 0 atom stereocenters. The average molecular weight is 405 g/mol. The monoisotopic (exact) mass is 404 g/mol. The number of nitrogens with one attached hydrogen (secondary N) is 1. The quantitative estimate of drug-likeness (QED) is 0.648. The van der Waals surface area contributed by atoms with Gasteiger partial charge in [0.1, 0.15) is 16.9 Å². The predicted molar refractivity (Wildman–Crippen MR) is 107 cm³/mol. The summed E-state index contributed by atoms with van der Waals surface area (Å²) in [6.07, 6.45) is 2.35. The molecule has 1 saturated heterocycles. The zero-order valence-electron chi connectivity index (χ0n) is 14.7. The fourth-order valence-electron chi connectivity index (χ4n) is 3.26. The number of aromatic amines is 1. The van der Waals surface area contributed by atoms with Crippen molar-refractivity contribution in [1.29, 1.82) is 0 Å². The van der Waals surface area contributed by atoms with Crippen LogP contribution in [0.25, 0.3) is 22.4 Å². The number of piperidine rings is 1. The molecule has 1 aliphatic heterocycles. The third-order valence-corrected chi connectivity index (χ3v) is 5.74. The SMILES string of the molecule is CC1(N)CCN(c2nc3[nH]nc(-c4cccc(Cl)c4Cl)c3nc2C=O)CC1. The van der Waals surface area contributed by atoms with Crippen LogP contribution in [0.15, 0.2) is 18.2 Å². The maximum absolute atomic E-state index is 11.7. The first kappa shape index (κ1) is 18.2. The van der Waals surface area contributed by atoms with E-state index in [2.05, 4.69) is 20.2 Å². The molecular formula is C18H18Cl2N6O. The third kappa shape index (κ3) is 3.26. The van der Waals surface area contributed by atoms with E-state index in [1.54, 1.807) is 18.2 Å². The Hall–Kier alpha value is -2.22. The van der Waals surface area contributed by atoms with Crippen LogP contribution in [0.4, 0.5) is 5.82 Å². The van der Waals surface area contributed by atoms with Crippen LogP contribution in [0.2, 0.25) is 10.0 Å². The zero-order chi connectivity index (χ0) is 19.2. The van der Waals surface area contributed by atoms with E-state index in [1.165, 1.54) is 0 Å². The van der Waals surface area contributed by atoms with Gasteiger partial charge in [-0.25, -0.2) is 9.97 Å². The van der Waals surface area contributed by atoms with Crippen LogP contribution in [0.3, 0.4) is 0 Å². The number of hydrogen-bond donors (Lipinski definition) is 2. The van der Waals surface area contributed by atoms with Crippen LogP contribution >= 0.6 is 23.2 Å². The van der Waals surface area contributed by atoms with Crippen molar-refractivity contribution in [2.24, 2.45) is 5.73 Å². The first-order chi connectivity index (χ1) is 12.9. The molecule has 0 unspecified atom stereocenters. The number of anilines is 1. The minimum atomic E-state index is -0.195. The zero-order valence-corrected chi connectivity index (χ0v) is 16.2. The van der Waals surface area contributed by atoms with Gasteiger partial charge in [-0.1, -0.05) is 35.3 Å². The van der Waals surface area contributed by atoms with E-state index < -0.39 is 0 Å². The lowest BCUT2D eigenvalue weighted by molar-refractivity contribution is 0.111. The van der Waals surface area contributed by atoms with E-state index in [0.29, 0.717) is 44.6 Å². The Morgan fingerprint density at radius 3 is 2.70 bits per heavy atom. The molecule has 1 aliphatic rings. The molecule has 0 bridgehead atoms. The molecule has 9 heteroatoms. The molecule has 0 aliphatic carbocycles. The largest absolute Gasteiger partial charge is 0.355 e. The van der Waals surface area contributed by atoms with Crippen molar-refractivity contribution >= 4 is 46.5 Å². The topological polar surface area (TPSA) is 101 Å². The molecule has 0 spiro atoms. The van der Waals surface area contributed by atoms with Crippen molar-refractivity contribution in [3.63, 3.8) is 0 Å². The molecule has 4 rings (SSSR count). The highest BCUT2D eigenvalue weighted by molar-refractivity contribution is 6.43. The first-order valence-corrected chi connectivity index (χ1v) is 9.35. The maximum Gasteiger partial charge on any atom is 0.177 e. The van der Waals surface area contributed by atoms with Crippen LogP contribution in [0.1, 0.15) is 30.3 Å². The summed E-state index contributed by atoms with van der Waals surface area (Å²) in [4.78, 5) is 22.9. The summed E-state index contributed by atoms with van der Waals surface area (Å²) < 4.78 is 0. The van der Waals surface area contributed by atoms with E-state index in [9.17, 15) is 4.79 Å².